The number of carbonyl (C=O) groups is 2. The zero-order valence-corrected chi connectivity index (χ0v) is 15.2. The number of carboxylic acids is 1. The molecule has 0 radical (unpaired) electrons. The van der Waals surface area contributed by atoms with Gasteiger partial charge in [-0.1, -0.05) is 78.9 Å². The van der Waals surface area contributed by atoms with Gasteiger partial charge in [0.1, 0.15) is 6.61 Å². The second kappa shape index (κ2) is 7.69. The van der Waals surface area contributed by atoms with E-state index >= 15 is 0 Å². The van der Waals surface area contributed by atoms with Gasteiger partial charge in [-0.15, -0.1) is 0 Å². The normalized spacial score (nSPS) is 13.4. The minimum atomic E-state index is -1.03. The lowest BCUT2D eigenvalue weighted by atomic mass is 9.96. The summed E-state index contributed by atoms with van der Waals surface area (Å²) in [4.78, 5) is 24.0. The lowest BCUT2D eigenvalue weighted by Crippen LogP contribution is -2.19. The van der Waals surface area contributed by atoms with Gasteiger partial charge in [-0.05, 0) is 27.8 Å². The van der Waals surface area contributed by atoms with Crippen molar-refractivity contribution in [2.45, 2.75) is 18.3 Å². The van der Waals surface area contributed by atoms with Gasteiger partial charge in [-0.25, -0.2) is 0 Å². The minimum absolute atomic E-state index is 0.0312. The highest BCUT2D eigenvalue weighted by atomic mass is 16.5. The predicted molar refractivity (Wildman–Crippen MR) is 106 cm³/mol. The molecule has 3 aromatic carbocycles. The monoisotopic (exact) mass is 372 g/mol. The summed E-state index contributed by atoms with van der Waals surface area (Å²) in [5, 5.41) is 9.51. The second-order valence-corrected chi connectivity index (χ2v) is 6.92. The molecular weight excluding hydrogens is 352 g/mol. The first kappa shape index (κ1) is 18.0. The molecule has 3 aromatic rings. The molecule has 0 spiro atoms. The van der Waals surface area contributed by atoms with E-state index in [-0.39, 0.29) is 18.9 Å². The summed E-state index contributed by atoms with van der Waals surface area (Å²) in [5.74, 6) is -2.47. The number of hydrogen-bond donors (Lipinski definition) is 1. The first-order valence-electron chi connectivity index (χ1n) is 9.26. The lowest BCUT2D eigenvalue weighted by Gasteiger charge is -2.16. The third-order valence-electron chi connectivity index (χ3n) is 5.24. The van der Waals surface area contributed by atoms with Crippen LogP contribution >= 0.6 is 0 Å². The smallest absolute Gasteiger partial charge is 0.311 e. The van der Waals surface area contributed by atoms with Crippen molar-refractivity contribution in [1.82, 2.24) is 0 Å². The summed E-state index contributed by atoms with van der Waals surface area (Å²) in [5.41, 5.74) is 5.19. The first-order valence-corrected chi connectivity index (χ1v) is 9.26. The van der Waals surface area contributed by atoms with Crippen molar-refractivity contribution >= 4 is 11.9 Å². The number of ether oxygens (including phenoxy) is 1. The fraction of sp³-hybridized carbons (Fsp3) is 0.167. The van der Waals surface area contributed by atoms with E-state index in [0.717, 1.165) is 22.3 Å². The SMILES string of the molecule is O=C(C[C@@H](C(=O)O)c1ccccc1)OCC1c2ccccc2-c2ccccc21. The third-order valence-corrected chi connectivity index (χ3v) is 5.24. The van der Waals surface area contributed by atoms with Gasteiger partial charge in [-0.3, -0.25) is 9.59 Å². The molecule has 1 atom stereocenters. The summed E-state index contributed by atoms with van der Waals surface area (Å²) in [7, 11) is 0. The van der Waals surface area contributed by atoms with Crippen LogP contribution in [-0.4, -0.2) is 23.7 Å². The van der Waals surface area contributed by atoms with E-state index < -0.39 is 17.9 Å². The summed E-state index contributed by atoms with van der Waals surface area (Å²) in [6.45, 7) is 0.202. The second-order valence-electron chi connectivity index (χ2n) is 6.92. The Labute approximate surface area is 163 Å². The Bertz CT molecular complexity index is 964. The van der Waals surface area contributed by atoms with Gasteiger partial charge in [0.05, 0.1) is 12.3 Å². The van der Waals surface area contributed by atoms with E-state index in [2.05, 4.69) is 24.3 Å². The highest BCUT2D eigenvalue weighted by Gasteiger charge is 2.30. The maximum absolute atomic E-state index is 12.4. The van der Waals surface area contributed by atoms with Crippen LogP contribution in [-0.2, 0) is 14.3 Å². The van der Waals surface area contributed by atoms with Crippen LogP contribution in [0.25, 0.3) is 11.1 Å². The van der Waals surface area contributed by atoms with E-state index in [0.29, 0.717) is 5.56 Å². The van der Waals surface area contributed by atoms with Crippen molar-refractivity contribution in [3.05, 3.63) is 95.6 Å². The number of benzene rings is 3. The van der Waals surface area contributed by atoms with Crippen LogP contribution in [0, 0.1) is 0 Å². The molecule has 4 rings (SSSR count). The average Bonchev–Trinajstić information content (AvgIpc) is 3.05. The van der Waals surface area contributed by atoms with Crippen molar-refractivity contribution in [2.24, 2.45) is 0 Å². The maximum atomic E-state index is 12.4. The molecule has 4 nitrogen and oxygen atoms in total. The highest BCUT2D eigenvalue weighted by molar-refractivity contribution is 5.83. The number of carbonyl (C=O) groups excluding carboxylic acids is 1. The first-order chi connectivity index (χ1) is 13.6. The largest absolute Gasteiger partial charge is 0.481 e. The summed E-state index contributed by atoms with van der Waals surface area (Å²) < 4.78 is 5.54. The standard InChI is InChI=1S/C24H20O4/c25-23(14-21(24(26)27)16-8-2-1-3-9-16)28-15-22-19-12-6-4-10-17(19)18-11-5-7-13-20(18)22/h1-13,21-22H,14-15H2,(H,26,27)/t21-/m1/s1. The van der Waals surface area contributed by atoms with Crippen LogP contribution in [0.4, 0.5) is 0 Å². The molecule has 1 aliphatic carbocycles. The number of hydrogen-bond acceptors (Lipinski definition) is 3. The highest BCUT2D eigenvalue weighted by Crippen LogP contribution is 2.44. The quantitative estimate of drug-likeness (QED) is 0.642. The molecule has 0 saturated heterocycles. The minimum Gasteiger partial charge on any atom is -0.481 e. The molecule has 0 fully saturated rings. The molecule has 1 aliphatic rings. The van der Waals surface area contributed by atoms with Gasteiger partial charge in [-0.2, -0.15) is 0 Å². The van der Waals surface area contributed by atoms with Crippen LogP contribution in [0.5, 0.6) is 0 Å². The number of esters is 1. The third kappa shape index (κ3) is 3.41. The Morgan fingerprint density at radius 1 is 0.821 bits per heavy atom. The maximum Gasteiger partial charge on any atom is 0.311 e. The number of aliphatic carboxylic acids is 1. The van der Waals surface area contributed by atoms with Crippen LogP contribution in [0.2, 0.25) is 0 Å². The molecule has 28 heavy (non-hydrogen) atoms. The van der Waals surface area contributed by atoms with Crippen molar-refractivity contribution in [3.63, 3.8) is 0 Å². The number of rotatable bonds is 6. The Morgan fingerprint density at radius 2 is 1.36 bits per heavy atom. The molecule has 4 heteroatoms. The summed E-state index contributed by atoms with van der Waals surface area (Å²) in [6, 6.07) is 25.0. The fourth-order valence-electron chi connectivity index (χ4n) is 3.87. The predicted octanol–water partition coefficient (Wildman–Crippen LogP) is 4.60. The van der Waals surface area contributed by atoms with Gasteiger partial charge in [0.2, 0.25) is 0 Å². The molecule has 0 heterocycles. The molecule has 0 bridgehead atoms. The molecule has 140 valence electrons. The summed E-state index contributed by atoms with van der Waals surface area (Å²) >= 11 is 0. The Kier molecular flexibility index (Phi) is 4.94. The van der Waals surface area contributed by atoms with E-state index in [1.54, 1.807) is 24.3 Å². The van der Waals surface area contributed by atoms with Crippen LogP contribution < -0.4 is 0 Å². The van der Waals surface area contributed by atoms with Crippen molar-refractivity contribution < 1.29 is 19.4 Å². The summed E-state index contributed by atoms with van der Waals surface area (Å²) in [6.07, 6.45) is -0.185. The number of fused-ring (bicyclic) bond motifs is 3. The van der Waals surface area contributed by atoms with E-state index in [1.807, 2.05) is 30.3 Å². The Hall–Kier alpha value is -3.40. The average molecular weight is 372 g/mol. The molecule has 1 N–H and O–H groups in total. The molecule has 0 saturated carbocycles. The van der Waals surface area contributed by atoms with Crippen molar-refractivity contribution in [1.29, 1.82) is 0 Å². The molecule has 0 aliphatic heterocycles. The zero-order chi connectivity index (χ0) is 19.5. The lowest BCUT2D eigenvalue weighted by molar-refractivity contribution is -0.149. The van der Waals surface area contributed by atoms with Gasteiger partial charge in [0.25, 0.3) is 0 Å². The Balaban J connectivity index is 1.49. The molecule has 0 aromatic heterocycles. The van der Waals surface area contributed by atoms with Gasteiger partial charge < -0.3 is 9.84 Å². The topological polar surface area (TPSA) is 63.6 Å². The Morgan fingerprint density at radius 3 is 1.93 bits per heavy atom. The zero-order valence-electron chi connectivity index (χ0n) is 15.2. The number of carboxylic acid groups (broad SMARTS) is 1. The van der Waals surface area contributed by atoms with Gasteiger partial charge in [0.15, 0.2) is 0 Å². The van der Waals surface area contributed by atoms with Crippen LogP contribution in [0.15, 0.2) is 78.9 Å². The molecular formula is C24H20O4. The molecule has 0 unspecified atom stereocenters. The van der Waals surface area contributed by atoms with E-state index in [1.165, 1.54) is 0 Å². The fourth-order valence-corrected chi connectivity index (χ4v) is 3.87. The van der Waals surface area contributed by atoms with Crippen LogP contribution in [0.3, 0.4) is 0 Å². The van der Waals surface area contributed by atoms with Gasteiger partial charge in [0, 0.05) is 5.92 Å². The molecule has 0 amide bonds. The van der Waals surface area contributed by atoms with E-state index in [4.69, 9.17) is 4.74 Å². The van der Waals surface area contributed by atoms with Crippen molar-refractivity contribution in [2.75, 3.05) is 6.61 Å². The van der Waals surface area contributed by atoms with Crippen LogP contribution in [0.1, 0.15) is 34.9 Å². The van der Waals surface area contributed by atoms with Gasteiger partial charge >= 0.3 is 11.9 Å². The van der Waals surface area contributed by atoms with E-state index in [9.17, 15) is 14.7 Å². The van der Waals surface area contributed by atoms with Crippen molar-refractivity contribution in [3.8, 4) is 11.1 Å².